The van der Waals surface area contributed by atoms with Crippen LogP contribution in [0.4, 0.5) is 0 Å². The number of hydrogen-bond donors (Lipinski definition) is 1. The highest BCUT2D eigenvalue weighted by molar-refractivity contribution is 5.99. The average Bonchev–Trinajstić information content (AvgIpc) is 2.74. The number of aryl methyl sites for hydroxylation is 2. The van der Waals surface area contributed by atoms with Gasteiger partial charge in [0.05, 0.1) is 0 Å². The number of fused-ring (bicyclic) bond motifs is 1. The first-order chi connectivity index (χ1) is 10.7. The first-order valence-electron chi connectivity index (χ1n) is 7.85. The molecule has 0 fully saturated rings. The third kappa shape index (κ3) is 2.58. The molecular formula is C19H22N2O2. The van der Waals surface area contributed by atoms with E-state index in [4.69, 9.17) is 5.73 Å². The van der Waals surface area contributed by atoms with Crippen LogP contribution in [0.1, 0.15) is 57.9 Å². The van der Waals surface area contributed by atoms with Crippen molar-refractivity contribution in [1.82, 2.24) is 4.57 Å². The Hall–Kier alpha value is -2.36. The van der Waals surface area contributed by atoms with Gasteiger partial charge < -0.3 is 10.3 Å². The van der Waals surface area contributed by atoms with Crippen LogP contribution in [0, 0.1) is 19.3 Å². The minimum Gasteiger partial charge on any atom is -0.366 e. The van der Waals surface area contributed by atoms with Crippen LogP contribution in [0.5, 0.6) is 0 Å². The number of hydrogen-bond acceptors (Lipinski definition) is 2. The molecular weight excluding hydrogens is 288 g/mol. The summed E-state index contributed by atoms with van der Waals surface area (Å²) in [4.78, 5) is 23.8. The van der Waals surface area contributed by atoms with E-state index in [2.05, 4.69) is 18.4 Å². The maximum Gasteiger partial charge on any atom is 0.248 e. The van der Waals surface area contributed by atoms with E-state index in [1.54, 1.807) is 12.1 Å². The molecule has 23 heavy (non-hydrogen) atoms. The lowest BCUT2D eigenvalue weighted by Crippen LogP contribution is -2.28. The molecule has 1 aromatic carbocycles. The fraction of sp³-hybridized carbons (Fsp3) is 0.368. The molecule has 0 bridgehead atoms. The molecule has 0 spiro atoms. The number of rotatable bonds is 2. The van der Waals surface area contributed by atoms with Crippen molar-refractivity contribution < 1.29 is 9.59 Å². The van der Waals surface area contributed by atoms with Crippen molar-refractivity contribution in [2.45, 2.75) is 40.5 Å². The van der Waals surface area contributed by atoms with Gasteiger partial charge in [-0.05, 0) is 55.5 Å². The third-order valence-electron chi connectivity index (χ3n) is 4.59. The maximum absolute atomic E-state index is 12.5. The highest BCUT2D eigenvalue weighted by Gasteiger charge is 2.34. The van der Waals surface area contributed by atoms with E-state index >= 15 is 0 Å². The number of ketones is 1. The number of primary amides is 1. The van der Waals surface area contributed by atoms with E-state index in [1.165, 1.54) is 0 Å². The molecule has 4 nitrogen and oxygen atoms in total. The highest BCUT2D eigenvalue weighted by Crippen LogP contribution is 2.37. The first kappa shape index (κ1) is 15.5. The second kappa shape index (κ2) is 5.08. The fourth-order valence-electron chi connectivity index (χ4n) is 3.55. The van der Waals surface area contributed by atoms with Gasteiger partial charge in [-0.1, -0.05) is 13.8 Å². The van der Waals surface area contributed by atoms with E-state index in [1.807, 2.05) is 26.0 Å². The van der Waals surface area contributed by atoms with Gasteiger partial charge in [-0.15, -0.1) is 0 Å². The first-order valence-corrected chi connectivity index (χ1v) is 7.85. The summed E-state index contributed by atoms with van der Waals surface area (Å²) in [5.74, 6) is -0.216. The summed E-state index contributed by atoms with van der Waals surface area (Å²) in [6.45, 7) is 8.23. The molecule has 0 aliphatic heterocycles. The van der Waals surface area contributed by atoms with Gasteiger partial charge in [-0.25, -0.2) is 0 Å². The molecule has 4 heteroatoms. The monoisotopic (exact) mass is 310 g/mol. The normalized spacial score (nSPS) is 16.3. The molecule has 1 aliphatic rings. The van der Waals surface area contributed by atoms with Crippen LogP contribution in [0.3, 0.4) is 0 Å². The SMILES string of the molecule is Cc1cc(C(N)=O)ccc1-n1c(C)cc2c1CC(C)(C)CC2=O. The van der Waals surface area contributed by atoms with Crippen molar-refractivity contribution >= 4 is 11.7 Å². The molecule has 2 aromatic rings. The minimum atomic E-state index is -0.429. The van der Waals surface area contributed by atoms with Crippen molar-refractivity contribution in [2.24, 2.45) is 11.1 Å². The van der Waals surface area contributed by atoms with Crippen LogP contribution in [0.25, 0.3) is 5.69 Å². The molecule has 1 aromatic heterocycles. The van der Waals surface area contributed by atoms with Gasteiger partial charge in [0, 0.05) is 34.6 Å². The Balaban J connectivity index is 2.19. The molecule has 0 saturated heterocycles. The number of Topliss-reactive ketones (excluding diaryl/α,β-unsaturated/α-hetero) is 1. The zero-order valence-electron chi connectivity index (χ0n) is 14.1. The molecule has 3 rings (SSSR count). The van der Waals surface area contributed by atoms with Crippen molar-refractivity contribution in [3.8, 4) is 5.69 Å². The molecule has 2 N–H and O–H groups in total. The van der Waals surface area contributed by atoms with Crippen LogP contribution in [-0.2, 0) is 6.42 Å². The Bertz CT molecular complexity index is 828. The largest absolute Gasteiger partial charge is 0.366 e. The van der Waals surface area contributed by atoms with Gasteiger partial charge in [0.15, 0.2) is 5.78 Å². The van der Waals surface area contributed by atoms with Crippen LogP contribution in [0.2, 0.25) is 0 Å². The number of amides is 1. The summed E-state index contributed by atoms with van der Waals surface area (Å²) < 4.78 is 2.15. The summed E-state index contributed by atoms with van der Waals surface area (Å²) in [6.07, 6.45) is 1.45. The van der Waals surface area contributed by atoms with Gasteiger partial charge in [0.25, 0.3) is 0 Å². The second-order valence-corrected chi connectivity index (χ2v) is 7.29. The molecule has 1 aliphatic carbocycles. The van der Waals surface area contributed by atoms with Gasteiger partial charge in [-0.3, -0.25) is 9.59 Å². The second-order valence-electron chi connectivity index (χ2n) is 7.29. The maximum atomic E-state index is 12.5. The van der Waals surface area contributed by atoms with Gasteiger partial charge in [-0.2, -0.15) is 0 Å². The van der Waals surface area contributed by atoms with Crippen LogP contribution >= 0.6 is 0 Å². The lowest BCUT2D eigenvalue weighted by Gasteiger charge is -2.30. The summed E-state index contributed by atoms with van der Waals surface area (Å²) in [5.41, 5.74) is 10.7. The van der Waals surface area contributed by atoms with Crippen molar-refractivity contribution in [3.63, 3.8) is 0 Å². The number of aromatic nitrogens is 1. The zero-order valence-corrected chi connectivity index (χ0v) is 14.1. The van der Waals surface area contributed by atoms with Crippen LogP contribution in [0.15, 0.2) is 24.3 Å². The Morgan fingerprint density at radius 3 is 2.48 bits per heavy atom. The van der Waals surface area contributed by atoms with E-state index in [-0.39, 0.29) is 11.2 Å². The van der Waals surface area contributed by atoms with Gasteiger partial charge in [0.2, 0.25) is 5.91 Å². The van der Waals surface area contributed by atoms with Gasteiger partial charge >= 0.3 is 0 Å². The zero-order chi connectivity index (χ0) is 16.9. The average molecular weight is 310 g/mol. The topological polar surface area (TPSA) is 65.1 Å². The quantitative estimate of drug-likeness (QED) is 0.924. The third-order valence-corrected chi connectivity index (χ3v) is 4.59. The molecule has 0 atom stereocenters. The molecule has 1 amide bonds. The molecule has 0 unspecified atom stereocenters. The molecule has 1 heterocycles. The standard InChI is InChI=1S/C19H22N2O2/c1-11-7-13(18(20)23)5-6-15(11)21-12(2)8-14-16(21)9-19(3,4)10-17(14)22/h5-8H,9-10H2,1-4H3,(H2,20,23). The lowest BCUT2D eigenvalue weighted by molar-refractivity contribution is 0.0910. The fourth-order valence-corrected chi connectivity index (χ4v) is 3.55. The van der Waals surface area contributed by atoms with Crippen molar-refractivity contribution in [2.75, 3.05) is 0 Å². The summed E-state index contributed by atoms with van der Waals surface area (Å²) in [6, 6.07) is 7.44. The summed E-state index contributed by atoms with van der Waals surface area (Å²) in [5, 5.41) is 0. The van der Waals surface area contributed by atoms with E-state index in [0.717, 1.165) is 34.6 Å². The van der Waals surface area contributed by atoms with E-state index in [0.29, 0.717) is 12.0 Å². The van der Waals surface area contributed by atoms with Crippen molar-refractivity contribution in [1.29, 1.82) is 0 Å². The summed E-state index contributed by atoms with van der Waals surface area (Å²) in [7, 11) is 0. The number of nitrogens with two attached hydrogens (primary N) is 1. The molecule has 0 saturated carbocycles. The minimum absolute atomic E-state index is 0.0340. The van der Waals surface area contributed by atoms with Crippen molar-refractivity contribution in [3.05, 3.63) is 52.3 Å². The Kier molecular flexibility index (Phi) is 3.43. The predicted molar refractivity (Wildman–Crippen MR) is 90.2 cm³/mol. The van der Waals surface area contributed by atoms with E-state index in [9.17, 15) is 9.59 Å². The number of carbonyl (C=O) groups excluding carboxylic acids is 2. The smallest absolute Gasteiger partial charge is 0.248 e. The molecule has 0 radical (unpaired) electrons. The lowest BCUT2D eigenvalue weighted by atomic mass is 9.76. The number of benzene rings is 1. The number of nitrogens with zero attached hydrogens (tertiary/aromatic N) is 1. The Morgan fingerprint density at radius 2 is 1.87 bits per heavy atom. The molecule has 120 valence electrons. The number of carbonyl (C=O) groups is 2. The van der Waals surface area contributed by atoms with Crippen LogP contribution in [-0.4, -0.2) is 16.3 Å². The predicted octanol–water partition coefficient (Wildman–Crippen LogP) is 3.35. The summed E-state index contributed by atoms with van der Waals surface area (Å²) >= 11 is 0. The highest BCUT2D eigenvalue weighted by atomic mass is 16.1. The Labute approximate surface area is 136 Å². The van der Waals surface area contributed by atoms with Crippen LogP contribution < -0.4 is 5.73 Å². The van der Waals surface area contributed by atoms with Gasteiger partial charge in [0.1, 0.15) is 0 Å². The Morgan fingerprint density at radius 1 is 1.17 bits per heavy atom. The van der Waals surface area contributed by atoms with E-state index < -0.39 is 5.91 Å².